The molecule has 2 aromatic carbocycles. The van der Waals surface area contributed by atoms with E-state index in [2.05, 4.69) is 10.6 Å². The molecule has 27 heavy (non-hydrogen) atoms. The predicted octanol–water partition coefficient (Wildman–Crippen LogP) is 1.78. The van der Waals surface area contributed by atoms with Crippen molar-refractivity contribution in [2.75, 3.05) is 13.7 Å². The number of hydrogen-bond acceptors (Lipinski definition) is 4. The molecule has 3 rings (SSSR count). The molecular formula is C20H21N3O4. The molecule has 0 saturated carbocycles. The van der Waals surface area contributed by atoms with Crippen LogP contribution in [0.5, 0.6) is 5.75 Å². The molecule has 1 aliphatic rings. The zero-order valence-corrected chi connectivity index (χ0v) is 15.2. The monoisotopic (exact) mass is 367 g/mol. The van der Waals surface area contributed by atoms with Crippen molar-refractivity contribution in [1.29, 1.82) is 0 Å². The number of benzene rings is 2. The van der Waals surface area contributed by atoms with E-state index in [1.54, 1.807) is 44.4 Å². The first kappa shape index (κ1) is 18.4. The van der Waals surface area contributed by atoms with Crippen LogP contribution in [0, 0.1) is 0 Å². The van der Waals surface area contributed by atoms with Gasteiger partial charge in [0.2, 0.25) is 5.91 Å². The molecule has 0 unspecified atom stereocenters. The van der Waals surface area contributed by atoms with Gasteiger partial charge in [-0.3, -0.25) is 14.5 Å². The number of urea groups is 1. The van der Waals surface area contributed by atoms with Crippen LogP contribution in [-0.2, 0) is 21.7 Å². The summed E-state index contributed by atoms with van der Waals surface area (Å²) in [5, 5.41) is 5.40. The Hall–Kier alpha value is -3.35. The number of rotatable bonds is 6. The van der Waals surface area contributed by atoms with Crippen molar-refractivity contribution in [1.82, 2.24) is 15.5 Å². The zero-order valence-electron chi connectivity index (χ0n) is 15.2. The molecule has 1 fully saturated rings. The van der Waals surface area contributed by atoms with E-state index in [1.807, 2.05) is 24.3 Å². The maximum absolute atomic E-state index is 12.8. The van der Waals surface area contributed by atoms with Crippen LogP contribution >= 0.6 is 0 Å². The van der Waals surface area contributed by atoms with Crippen molar-refractivity contribution >= 4 is 17.8 Å². The Balaban J connectivity index is 1.66. The second kappa shape index (κ2) is 7.49. The summed E-state index contributed by atoms with van der Waals surface area (Å²) in [4.78, 5) is 38.3. The smallest absolute Gasteiger partial charge is 0.325 e. The van der Waals surface area contributed by atoms with Crippen molar-refractivity contribution in [3.05, 3.63) is 65.7 Å². The predicted molar refractivity (Wildman–Crippen MR) is 98.9 cm³/mol. The van der Waals surface area contributed by atoms with E-state index in [0.29, 0.717) is 11.3 Å². The fourth-order valence-corrected chi connectivity index (χ4v) is 3.05. The first-order chi connectivity index (χ1) is 13.0. The van der Waals surface area contributed by atoms with Gasteiger partial charge in [0.05, 0.1) is 7.11 Å². The summed E-state index contributed by atoms with van der Waals surface area (Å²) >= 11 is 0. The Kier molecular flexibility index (Phi) is 5.12. The Morgan fingerprint density at radius 3 is 2.48 bits per heavy atom. The van der Waals surface area contributed by atoms with Gasteiger partial charge in [0.1, 0.15) is 17.8 Å². The fraction of sp³-hybridized carbons (Fsp3) is 0.250. The third kappa shape index (κ3) is 3.62. The van der Waals surface area contributed by atoms with Crippen molar-refractivity contribution in [3.8, 4) is 5.75 Å². The molecule has 7 heteroatoms. The third-order valence-corrected chi connectivity index (χ3v) is 4.60. The van der Waals surface area contributed by atoms with Crippen LogP contribution in [0.15, 0.2) is 54.6 Å². The van der Waals surface area contributed by atoms with Gasteiger partial charge >= 0.3 is 6.03 Å². The van der Waals surface area contributed by atoms with E-state index < -0.39 is 23.4 Å². The van der Waals surface area contributed by atoms with E-state index >= 15 is 0 Å². The largest absolute Gasteiger partial charge is 0.496 e. The summed E-state index contributed by atoms with van der Waals surface area (Å²) in [6, 6.07) is 15.7. The molecule has 0 aliphatic carbocycles. The van der Waals surface area contributed by atoms with Crippen LogP contribution in [0.2, 0.25) is 0 Å². The number of nitrogens with one attached hydrogen (secondary N) is 2. The number of nitrogens with zero attached hydrogens (tertiary/aromatic N) is 1. The van der Waals surface area contributed by atoms with Gasteiger partial charge in [-0.15, -0.1) is 0 Å². The number of amides is 4. The Bertz CT molecular complexity index is 869. The number of carbonyl (C=O) groups excluding carboxylic acids is 3. The van der Waals surface area contributed by atoms with Crippen LogP contribution < -0.4 is 15.4 Å². The number of ether oxygens (including phenoxy) is 1. The van der Waals surface area contributed by atoms with Gasteiger partial charge < -0.3 is 15.4 Å². The van der Waals surface area contributed by atoms with E-state index in [1.165, 1.54) is 0 Å². The lowest BCUT2D eigenvalue weighted by Crippen LogP contribution is -2.43. The SMILES string of the molecule is COc1ccccc1CNC(=O)CN1C(=O)N[C@@](C)(c2ccccc2)C1=O. The molecular weight excluding hydrogens is 346 g/mol. The van der Waals surface area contributed by atoms with Gasteiger partial charge in [-0.1, -0.05) is 48.5 Å². The minimum absolute atomic E-state index is 0.239. The molecule has 2 N–H and O–H groups in total. The lowest BCUT2D eigenvalue weighted by atomic mass is 9.92. The minimum Gasteiger partial charge on any atom is -0.496 e. The normalized spacial score (nSPS) is 19.0. The summed E-state index contributed by atoms with van der Waals surface area (Å²) in [6.07, 6.45) is 0. The standard InChI is InChI=1S/C20H21N3O4/c1-20(15-9-4-3-5-10-15)18(25)23(19(26)22-20)13-17(24)21-12-14-8-6-7-11-16(14)27-2/h3-11H,12-13H2,1-2H3,(H,21,24)(H,22,26)/t20-/m0/s1. The Labute approximate surface area is 157 Å². The molecule has 1 aliphatic heterocycles. The zero-order chi connectivity index (χ0) is 19.4. The second-order valence-electron chi connectivity index (χ2n) is 6.40. The highest BCUT2D eigenvalue weighted by Gasteiger charge is 2.49. The molecule has 7 nitrogen and oxygen atoms in total. The molecule has 1 heterocycles. The number of hydrogen-bond donors (Lipinski definition) is 2. The molecule has 0 spiro atoms. The summed E-state index contributed by atoms with van der Waals surface area (Å²) in [5.41, 5.74) is 0.293. The van der Waals surface area contributed by atoms with Gasteiger partial charge in [0, 0.05) is 12.1 Å². The van der Waals surface area contributed by atoms with Gasteiger partial charge in [-0.25, -0.2) is 4.79 Å². The van der Waals surface area contributed by atoms with E-state index in [0.717, 1.165) is 10.5 Å². The number of carbonyl (C=O) groups is 3. The lowest BCUT2D eigenvalue weighted by Gasteiger charge is -2.22. The highest BCUT2D eigenvalue weighted by Crippen LogP contribution is 2.28. The molecule has 2 aromatic rings. The van der Waals surface area contributed by atoms with Gasteiger partial charge in [0.15, 0.2) is 0 Å². The first-order valence-electron chi connectivity index (χ1n) is 8.54. The highest BCUT2D eigenvalue weighted by atomic mass is 16.5. The fourth-order valence-electron chi connectivity index (χ4n) is 3.05. The quantitative estimate of drug-likeness (QED) is 0.762. The summed E-state index contributed by atoms with van der Waals surface area (Å²) in [5.74, 6) is -0.225. The lowest BCUT2D eigenvalue weighted by molar-refractivity contribution is -0.134. The number of para-hydroxylation sites is 1. The number of imide groups is 1. The number of methoxy groups -OCH3 is 1. The van der Waals surface area contributed by atoms with Gasteiger partial charge in [-0.2, -0.15) is 0 Å². The molecule has 1 saturated heterocycles. The van der Waals surface area contributed by atoms with Crippen LogP contribution in [-0.4, -0.2) is 36.4 Å². The minimum atomic E-state index is -1.18. The average molecular weight is 367 g/mol. The summed E-state index contributed by atoms with van der Waals surface area (Å²) in [7, 11) is 1.55. The van der Waals surface area contributed by atoms with Gasteiger partial charge in [0.25, 0.3) is 5.91 Å². The topological polar surface area (TPSA) is 87.7 Å². The maximum Gasteiger partial charge on any atom is 0.325 e. The third-order valence-electron chi connectivity index (χ3n) is 4.60. The van der Waals surface area contributed by atoms with Crippen molar-refractivity contribution < 1.29 is 19.1 Å². The summed E-state index contributed by atoms with van der Waals surface area (Å²) < 4.78 is 5.24. The molecule has 140 valence electrons. The first-order valence-corrected chi connectivity index (χ1v) is 8.54. The average Bonchev–Trinajstić information content (AvgIpc) is 2.91. The maximum atomic E-state index is 12.8. The van der Waals surface area contributed by atoms with Gasteiger partial charge in [-0.05, 0) is 18.6 Å². The van der Waals surface area contributed by atoms with E-state index in [9.17, 15) is 14.4 Å². The van der Waals surface area contributed by atoms with Crippen LogP contribution in [0.4, 0.5) is 4.79 Å². The molecule has 1 atom stereocenters. The van der Waals surface area contributed by atoms with E-state index in [-0.39, 0.29) is 13.1 Å². The molecule has 0 bridgehead atoms. The van der Waals surface area contributed by atoms with Crippen molar-refractivity contribution in [2.45, 2.75) is 19.0 Å². The molecule has 0 aromatic heterocycles. The van der Waals surface area contributed by atoms with E-state index in [4.69, 9.17) is 4.74 Å². The highest BCUT2D eigenvalue weighted by molar-refractivity contribution is 6.09. The van der Waals surface area contributed by atoms with Crippen molar-refractivity contribution in [2.24, 2.45) is 0 Å². The van der Waals surface area contributed by atoms with Crippen molar-refractivity contribution in [3.63, 3.8) is 0 Å². The summed E-state index contributed by atoms with van der Waals surface area (Å²) in [6.45, 7) is 1.53. The van der Waals surface area contributed by atoms with Crippen LogP contribution in [0.1, 0.15) is 18.1 Å². The molecule has 0 radical (unpaired) electrons. The van der Waals surface area contributed by atoms with Crippen LogP contribution in [0.3, 0.4) is 0 Å². The molecule has 4 amide bonds. The Morgan fingerprint density at radius 1 is 1.11 bits per heavy atom. The second-order valence-corrected chi connectivity index (χ2v) is 6.40. The van der Waals surface area contributed by atoms with Crippen LogP contribution in [0.25, 0.3) is 0 Å². The Morgan fingerprint density at radius 2 is 1.78 bits per heavy atom.